The third-order valence-electron chi connectivity index (χ3n) is 6.53. The lowest BCUT2D eigenvalue weighted by Gasteiger charge is -2.18. The Kier molecular flexibility index (Phi) is 8.24. The minimum absolute atomic E-state index is 0.200. The Morgan fingerprint density at radius 1 is 0.854 bits per heavy atom. The SMILES string of the molecule is CCOC(=O)C(Cc1ccc(Oc2ccnc3cc(OC)c(OC)cc23)cc1)NC(=O)c1cnc2ccccc2c1. The first-order chi connectivity index (χ1) is 20.0. The second-order valence-corrected chi connectivity index (χ2v) is 9.18. The average Bonchev–Trinajstić information content (AvgIpc) is 3.00. The van der Waals surface area contributed by atoms with Gasteiger partial charge in [0, 0.05) is 35.7 Å². The zero-order valence-corrected chi connectivity index (χ0v) is 22.9. The summed E-state index contributed by atoms with van der Waals surface area (Å²) in [7, 11) is 3.15. The van der Waals surface area contributed by atoms with Gasteiger partial charge in [-0.05, 0) is 48.9 Å². The monoisotopic (exact) mass is 551 g/mol. The molecule has 208 valence electrons. The highest BCUT2D eigenvalue weighted by atomic mass is 16.5. The summed E-state index contributed by atoms with van der Waals surface area (Å²) in [6.07, 6.45) is 3.40. The van der Waals surface area contributed by atoms with E-state index in [-0.39, 0.29) is 13.0 Å². The highest BCUT2D eigenvalue weighted by molar-refractivity contribution is 5.99. The van der Waals surface area contributed by atoms with Gasteiger partial charge in [0.2, 0.25) is 0 Å². The summed E-state index contributed by atoms with van der Waals surface area (Å²) in [5.41, 5.74) is 2.66. The Labute approximate surface area is 237 Å². The Hall–Kier alpha value is -5.18. The van der Waals surface area contributed by atoms with Crippen LogP contribution in [0.15, 0.2) is 85.2 Å². The van der Waals surface area contributed by atoms with Crippen LogP contribution in [0.5, 0.6) is 23.0 Å². The number of nitrogens with one attached hydrogen (secondary N) is 1. The quantitative estimate of drug-likeness (QED) is 0.227. The summed E-state index contributed by atoms with van der Waals surface area (Å²) in [5.74, 6) is 1.42. The third-order valence-corrected chi connectivity index (χ3v) is 6.53. The van der Waals surface area contributed by atoms with Crippen molar-refractivity contribution in [3.05, 3.63) is 96.3 Å². The van der Waals surface area contributed by atoms with Crippen molar-refractivity contribution in [2.75, 3.05) is 20.8 Å². The number of pyridine rings is 2. The molecule has 0 radical (unpaired) electrons. The van der Waals surface area contributed by atoms with Crippen molar-refractivity contribution < 1.29 is 28.5 Å². The zero-order chi connectivity index (χ0) is 28.8. The standard InChI is InChI=1S/C32H29N3O6/c1-4-40-32(37)27(35-31(36)22-16-21-7-5-6-8-25(21)34-19-22)15-20-9-11-23(12-10-20)41-28-13-14-33-26-18-30(39-3)29(38-2)17-24(26)28/h5-14,16-19,27H,4,15H2,1-3H3,(H,35,36). The van der Waals surface area contributed by atoms with Gasteiger partial charge in [-0.25, -0.2) is 4.79 Å². The number of hydrogen-bond acceptors (Lipinski definition) is 8. The smallest absolute Gasteiger partial charge is 0.328 e. The van der Waals surface area contributed by atoms with Gasteiger partial charge >= 0.3 is 5.97 Å². The zero-order valence-electron chi connectivity index (χ0n) is 22.9. The van der Waals surface area contributed by atoms with Crippen LogP contribution in [0.1, 0.15) is 22.8 Å². The second-order valence-electron chi connectivity index (χ2n) is 9.18. The normalized spacial score (nSPS) is 11.6. The first-order valence-electron chi connectivity index (χ1n) is 13.1. The number of amides is 1. The summed E-state index contributed by atoms with van der Waals surface area (Å²) < 4.78 is 22.2. The van der Waals surface area contributed by atoms with E-state index in [1.54, 1.807) is 57.7 Å². The maximum Gasteiger partial charge on any atom is 0.328 e. The number of para-hydroxylation sites is 1. The largest absolute Gasteiger partial charge is 0.493 e. The van der Waals surface area contributed by atoms with Crippen LogP contribution in [0.2, 0.25) is 0 Å². The Balaban J connectivity index is 1.32. The molecule has 0 spiro atoms. The maximum absolute atomic E-state index is 13.0. The van der Waals surface area contributed by atoms with Gasteiger partial charge < -0.3 is 24.3 Å². The van der Waals surface area contributed by atoms with Crippen LogP contribution in [0.4, 0.5) is 0 Å². The molecule has 2 heterocycles. The molecule has 1 atom stereocenters. The molecule has 1 unspecified atom stereocenters. The molecule has 0 fully saturated rings. The number of nitrogens with zero attached hydrogens (tertiary/aromatic N) is 2. The summed E-state index contributed by atoms with van der Waals surface area (Å²) >= 11 is 0. The minimum Gasteiger partial charge on any atom is -0.493 e. The van der Waals surface area contributed by atoms with Crippen LogP contribution >= 0.6 is 0 Å². The van der Waals surface area contributed by atoms with Gasteiger partial charge in [0.05, 0.1) is 37.4 Å². The molecule has 0 aliphatic rings. The summed E-state index contributed by atoms with van der Waals surface area (Å²) in [6.45, 7) is 1.93. The van der Waals surface area contributed by atoms with Crippen molar-refractivity contribution in [3.8, 4) is 23.0 Å². The molecular weight excluding hydrogens is 522 g/mol. The van der Waals surface area contributed by atoms with Gasteiger partial charge in [0.1, 0.15) is 17.5 Å². The lowest BCUT2D eigenvalue weighted by molar-refractivity contribution is -0.145. The fraction of sp³-hybridized carbons (Fsp3) is 0.188. The molecule has 0 saturated carbocycles. The van der Waals surface area contributed by atoms with Crippen LogP contribution in [0.3, 0.4) is 0 Å². The van der Waals surface area contributed by atoms with Gasteiger partial charge in [0.15, 0.2) is 11.5 Å². The number of rotatable bonds is 10. The highest BCUT2D eigenvalue weighted by Crippen LogP contribution is 2.36. The number of ether oxygens (including phenoxy) is 4. The van der Waals surface area contributed by atoms with Crippen LogP contribution in [-0.2, 0) is 16.0 Å². The molecule has 0 saturated heterocycles. The van der Waals surface area contributed by atoms with Crippen LogP contribution < -0.4 is 19.5 Å². The number of benzene rings is 3. The molecule has 0 aliphatic carbocycles. The van der Waals surface area contributed by atoms with E-state index >= 15 is 0 Å². The topological polar surface area (TPSA) is 109 Å². The van der Waals surface area contributed by atoms with E-state index in [1.165, 1.54) is 6.20 Å². The van der Waals surface area contributed by atoms with Gasteiger partial charge in [-0.1, -0.05) is 30.3 Å². The number of carbonyl (C=O) groups excluding carboxylic acids is 2. The predicted octanol–water partition coefficient (Wildman–Crippen LogP) is 5.50. The molecule has 0 bridgehead atoms. The molecular formula is C32H29N3O6. The van der Waals surface area contributed by atoms with E-state index in [1.807, 2.05) is 42.5 Å². The lowest BCUT2D eigenvalue weighted by atomic mass is 10.0. The minimum atomic E-state index is -0.882. The molecule has 9 heteroatoms. The fourth-order valence-corrected chi connectivity index (χ4v) is 4.47. The van der Waals surface area contributed by atoms with Crippen molar-refractivity contribution >= 4 is 33.7 Å². The third kappa shape index (κ3) is 6.19. The molecule has 3 aromatic carbocycles. The number of hydrogen-bond donors (Lipinski definition) is 1. The summed E-state index contributed by atoms with van der Waals surface area (Å²) in [5, 5.41) is 4.41. The van der Waals surface area contributed by atoms with E-state index in [0.29, 0.717) is 34.1 Å². The molecule has 2 aromatic heterocycles. The summed E-state index contributed by atoms with van der Waals surface area (Å²) in [4.78, 5) is 34.6. The number of esters is 1. The highest BCUT2D eigenvalue weighted by Gasteiger charge is 2.23. The van der Waals surface area contributed by atoms with E-state index in [4.69, 9.17) is 18.9 Å². The fourth-order valence-electron chi connectivity index (χ4n) is 4.47. The summed E-state index contributed by atoms with van der Waals surface area (Å²) in [6, 6.07) is 21.1. The first-order valence-corrected chi connectivity index (χ1v) is 13.1. The van der Waals surface area contributed by atoms with E-state index in [0.717, 1.165) is 21.9 Å². The lowest BCUT2D eigenvalue weighted by Crippen LogP contribution is -2.43. The Morgan fingerprint density at radius 2 is 1.61 bits per heavy atom. The van der Waals surface area contributed by atoms with Crippen molar-refractivity contribution in [2.45, 2.75) is 19.4 Å². The molecule has 1 N–H and O–H groups in total. The van der Waals surface area contributed by atoms with Crippen LogP contribution in [-0.4, -0.2) is 48.7 Å². The molecule has 0 aliphatic heterocycles. The Morgan fingerprint density at radius 3 is 2.37 bits per heavy atom. The Bertz CT molecular complexity index is 1700. The van der Waals surface area contributed by atoms with Crippen molar-refractivity contribution in [2.24, 2.45) is 0 Å². The van der Waals surface area contributed by atoms with E-state index in [9.17, 15) is 9.59 Å². The molecule has 1 amide bonds. The number of methoxy groups -OCH3 is 2. The van der Waals surface area contributed by atoms with E-state index in [2.05, 4.69) is 15.3 Å². The van der Waals surface area contributed by atoms with Gasteiger partial charge in [-0.2, -0.15) is 0 Å². The van der Waals surface area contributed by atoms with Gasteiger partial charge in [0.25, 0.3) is 5.91 Å². The molecule has 5 rings (SSSR count). The molecule has 9 nitrogen and oxygen atoms in total. The first kappa shape index (κ1) is 27.4. The maximum atomic E-state index is 13.0. The number of carbonyl (C=O) groups is 2. The van der Waals surface area contributed by atoms with Crippen molar-refractivity contribution in [1.29, 1.82) is 0 Å². The number of fused-ring (bicyclic) bond motifs is 2. The van der Waals surface area contributed by atoms with Crippen LogP contribution in [0, 0.1) is 0 Å². The van der Waals surface area contributed by atoms with Crippen molar-refractivity contribution in [3.63, 3.8) is 0 Å². The molecule has 5 aromatic rings. The predicted molar refractivity (Wildman–Crippen MR) is 155 cm³/mol. The van der Waals surface area contributed by atoms with Crippen LogP contribution in [0.25, 0.3) is 21.8 Å². The average molecular weight is 552 g/mol. The van der Waals surface area contributed by atoms with Crippen molar-refractivity contribution in [1.82, 2.24) is 15.3 Å². The molecule has 41 heavy (non-hydrogen) atoms. The van der Waals surface area contributed by atoms with Gasteiger partial charge in [-0.15, -0.1) is 0 Å². The second kappa shape index (κ2) is 12.3. The number of aromatic nitrogens is 2. The van der Waals surface area contributed by atoms with E-state index < -0.39 is 17.9 Å². The van der Waals surface area contributed by atoms with Gasteiger partial charge in [-0.3, -0.25) is 14.8 Å².